The van der Waals surface area contributed by atoms with E-state index in [-0.39, 0.29) is 0 Å². The lowest BCUT2D eigenvalue weighted by Crippen LogP contribution is -1.90. The fourth-order valence-electron chi connectivity index (χ4n) is 1.17. The van der Waals surface area contributed by atoms with Gasteiger partial charge in [-0.2, -0.15) is 5.10 Å². The van der Waals surface area contributed by atoms with Gasteiger partial charge in [-0.1, -0.05) is 19.9 Å². The Morgan fingerprint density at radius 1 is 1.27 bits per heavy atom. The number of nitrogens with two attached hydrogens (primary N) is 1. The molecule has 0 unspecified atom stereocenters. The second kappa shape index (κ2) is 5.14. The Labute approximate surface area is 89.8 Å². The monoisotopic (exact) mass is 204 g/mol. The van der Waals surface area contributed by atoms with Gasteiger partial charge in [-0.3, -0.25) is 4.68 Å². The number of anilines is 1. The Morgan fingerprint density at radius 2 is 2.00 bits per heavy atom. The van der Waals surface area contributed by atoms with Crippen molar-refractivity contribution in [3.63, 3.8) is 0 Å². The van der Waals surface area contributed by atoms with Gasteiger partial charge in [-0.25, -0.2) is 4.98 Å². The van der Waals surface area contributed by atoms with E-state index in [0.717, 1.165) is 11.3 Å². The standard InChI is InChI=1S/C9H10N4.C2H6/c1-13-6-7(5-11-13)8-3-2-4-9(10)12-8;1-2/h2-6H,1H3,(H2,10,12);1-2H3. The van der Waals surface area contributed by atoms with E-state index in [4.69, 9.17) is 5.73 Å². The molecule has 0 aromatic carbocycles. The molecule has 0 bridgehead atoms. The predicted octanol–water partition coefficient (Wildman–Crippen LogP) is 2.09. The summed E-state index contributed by atoms with van der Waals surface area (Å²) >= 11 is 0. The molecule has 80 valence electrons. The van der Waals surface area contributed by atoms with Crippen LogP contribution in [0.3, 0.4) is 0 Å². The predicted molar refractivity (Wildman–Crippen MR) is 62.2 cm³/mol. The summed E-state index contributed by atoms with van der Waals surface area (Å²) in [6.07, 6.45) is 3.67. The lowest BCUT2D eigenvalue weighted by atomic mass is 10.2. The van der Waals surface area contributed by atoms with E-state index in [1.807, 2.05) is 39.2 Å². The van der Waals surface area contributed by atoms with E-state index < -0.39 is 0 Å². The number of nitrogen functional groups attached to an aromatic ring is 1. The zero-order valence-electron chi connectivity index (χ0n) is 9.31. The minimum Gasteiger partial charge on any atom is -0.384 e. The molecule has 2 aromatic heterocycles. The first kappa shape index (κ1) is 11.2. The molecule has 0 atom stereocenters. The number of hydrogen-bond acceptors (Lipinski definition) is 3. The smallest absolute Gasteiger partial charge is 0.124 e. The number of pyridine rings is 1. The number of rotatable bonds is 1. The van der Waals surface area contributed by atoms with Crippen molar-refractivity contribution in [1.29, 1.82) is 0 Å². The number of aryl methyl sites for hydroxylation is 1. The number of aromatic nitrogens is 3. The fraction of sp³-hybridized carbons (Fsp3) is 0.273. The van der Waals surface area contributed by atoms with E-state index in [9.17, 15) is 0 Å². The van der Waals surface area contributed by atoms with Crippen LogP contribution in [-0.2, 0) is 7.05 Å². The van der Waals surface area contributed by atoms with Gasteiger partial charge in [0, 0.05) is 18.8 Å². The van der Waals surface area contributed by atoms with Gasteiger partial charge < -0.3 is 5.73 Å². The lowest BCUT2D eigenvalue weighted by molar-refractivity contribution is 0.768. The Bertz CT molecular complexity index is 420. The first-order valence-electron chi connectivity index (χ1n) is 4.97. The molecule has 0 saturated carbocycles. The molecule has 0 aliphatic rings. The molecule has 2 aromatic rings. The van der Waals surface area contributed by atoms with Gasteiger partial charge in [0.05, 0.1) is 11.9 Å². The van der Waals surface area contributed by atoms with Gasteiger partial charge in [0.1, 0.15) is 5.82 Å². The van der Waals surface area contributed by atoms with Crippen molar-refractivity contribution in [1.82, 2.24) is 14.8 Å². The maximum atomic E-state index is 5.56. The Hall–Kier alpha value is -1.84. The van der Waals surface area contributed by atoms with E-state index in [2.05, 4.69) is 10.1 Å². The molecule has 4 nitrogen and oxygen atoms in total. The summed E-state index contributed by atoms with van der Waals surface area (Å²) in [5, 5.41) is 4.06. The average molecular weight is 204 g/mol. The van der Waals surface area contributed by atoms with Gasteiger partial charge in [-0.15, -0.1) is 0 Å². The molecule has 0 fully saturated rings. The van der Waals surface area contributed by atoms with Crippen LogP contribution in [-0.4, -0.2) is 14.8 Å². The van der Waals surface area contributed by atoms with Gasteiger partial charge in [-0.05, 0) is 12.1 Å². The lowest BCUT2D eigenvalue weighted by Gasteiger charge is -1.96. The van der Waals surface area contributed by atoms with Gasteiger partial charge >= 0.3 is 0 Å². The van der Waals surface area contributed by atoms with Crippen LogP contribution in [0, 0.1) is 0 Å². The molecule has 4 heteroatoms. The highest BCUT2D eigenvalue weighted by Crippen LogP contribution is 2.15. The zero-order chi connectivity index (χ0) is 11.3. The van der Waals surface area contributed by atoms with Crippen LogP contribution < -0.4 is 5.73 Å². The Kier molecular flexibility index (Phi) is 3.85. The molecule has 0 spiro atoms. The molecule has 2 N–H and O–H groups in total. The van der Waals surface area contributed by atoms with Crippen LogP contribution in [0.5, 0.6) is 0 Å². The Morgan fingerprint density at radius 3 is 2.53 bits per heavy atom. The molecule has 0 radical (unpaired) electrons. The molecule has 2 heterocycles. The summed E-state index contributed by atoms with van der Waals surface area (Å²) in [5.74, 6) is 0.529. The second-order valence-electron chi connectivity index (χ2n) is 2.85. The summed E-state index contributed by atoms with van der Waals surface area (Å²) in [5.41, 5.74) is 7.40. The summed E-state index contributed by atoms with van der Waals surface area (Å²) in [6.45, 7) is 4.00. The molecule has 0 aliphatic carbocycles. The third kappa shape index (κ3) is 2.80. The van der Waals surface area contributed by atoms with Crippen LogP contribution in [0.15, 0.2) is 30.6 Å². The SMILES string of the molecule is CC.Cn1cc(-c2cccc(N)n2)cn1. The van der Waals surface area contributed by atoms with Crippen LogP contribution in [0.1, 0.15) is 13.8 Å². The third-order valence-electron chi connectivity index (χ3n) is 1.77. The normalized spacial score (nSPS) is 9.27. The highest BCUT2D eigenvalue weighted by Gasteiger charge is 2.00. The Balaban J connectivity index is 0.000000531. The fourth-order valence-corrected chi connectivity index (χ4v) is 1.17. The van der Waals surface area contributed by atoms with Crippen molar-refractivity contribution >= 4 is 5.82 Å². The van der Waals surface area contributed by atoms with Crippen LogP contribution in [0.4, 0.5) is 5.82 Å². The van der Waals surface area contributed by atoms with Gasteiger partial charge in [0.15, 0.2) is 0 Å². The summed E-state index contributed by atoms with van der Waals surface area (Å²) in [7, 11) is 1.87. The minimum absolute atomic E-state index is 0.529. The van der Waals surface area contributed by atoms with Crippen LogP contribution in [0.25, 0.3) is 11.3 Å². The summed E-state index contributed by atoms with van der Waals surface area (Å²) < 4.78 is 1.74. The first-order chi connectivity index (χ1) is 7.25. The van der Waals surface area contributed by atoms with Gasteiger partial charge in [0.2, 0.25) is 0 Å². The highest BCUT2D eigenvalue weighted by molar-refractivity contribution is 5.58. The van der Waals surface area contributed by atoms with Crippen molar-refractivity contribution in [2.75, 3.05) is 5.73 Å². The minimum atomic E-state index is 0.529. The molecule has 0 aliphatic heterocycles. The maximum Gasteiger partial charge on any atom is 0.124 e. The first-order valence-corrected chi connectivity index (χ1v) is 4.97. The largest absolute Gasteiger partial charge is 0.384 e. The number of hydrogen-bond donors (Lipinski definition) is 1. The quantitative estimate of drug-likeness (QED) is 0.773. The zero-order valence-corrected chi connectivity index (χ0v) is 9.31. The van der Waals surface area contributed by atoms with E-state index in [1.54, 1.807) is 16.9 Å². The van der Waals surface area contributed by atoms with Crippen LogP contribution in [0.2, 0.25) is 0 Å². The summed E-state index contributed by atoms with van der Waals surface area (Å²) in [4.78, 5) is 4.18. The molecule has 15 heavy (non-hydrogen) atoms. The van der Waals surface area contributed by atoms with Crippen molar-refractivity contribution in [3.05, 3.63) is 30.6 Å². The van der Waals surface area contributed by atoms with E-state index >= 15 is 0 Å². The van der Waals surface area contributed by atoms with Crippen molar-refractivity contribution in [3.8, 4) is 11.3 Å². The topological polar surface area (TPSA) is 56.7 Å². The molecular weight excluding hydrogens is 188 g/mol. The average Bonchev–Trinajstić information content (AvgIpc) is 2.68. The van der Waals surface area contributed by atoms with Crippen molar-refractivity contribution in [2.45, 2.75) is 13.8 Å². The molecule has 2 rings (SSSR count). The molecule has 0 amide bonds. The van der Waals surface area contributed by atoms with Crippen LogP contribution >= 0.6 is 0 Å². The van der Waals surface area contributed by atoms with Crippen molar-refractivity contribution in [2.24, 2.45) is 7.05 Å². The van der Waals surface area contributed by atoms with Crippen molar-refractivity contribution < 1.29 is 0 Å². The molecule has 0 saturated heterocycles. The number of nitrogens with zero attached hydrogens (tertiary/aromatic N) is 3. The third-order valence-corrected chi connectivity index (χ3v) is 1.77. The maximum absolute atomic E-state index is 5.56. The van der Waals surface area contributed by atoms with E-state index in [0.29, 0.717) is 5.82 Å². The van der Waals surface area contributed by atoms with Gasteiger partial charge in [0.25, 0.3) is 0 Å². The molecular formula is C11H16N4. The summed E-state index contributed by atoms with van der Waals surface area (Å²) in [6, 6.07) is 5.55. The second-order valence-corrected chi connectivity index (χ2v) is 2.85. The highest BCUT2D eigenvalue weighted by atomic mass is 15.2. The van der Waals surface area contributed by atoms with E-state index in [1.165, 1.54) is 0 Å².